The number of halogens is 1. The fourth-order valence-corrected chi connectivity index (χ4v) is 3.17. The predicted molar refractivity (Wildman–Crippen MR) is 90.0 cm³/mol. The topological polar surface area (TPSA) is 20.3 Å². The summed E-state index contributed by atoms with van der Waals surface area (Å²) < 4.78 is 0. The molecule has 22 heavy (non-hydrogen) atoms. The van der Waals surface area contributed by atoms with Crippen LogP contribution in [-0.2, 0) is 11.2 Å². The molecular weight excluding hydrogens is 294 g/mol. The Hall–Kier alpha value is -2.06. The van der Waals surface area contributed by atoms with E-state index in [1.165, 1.54) is 11.1 Å². The molecule has 112 valence electrons. The lowest BCUT2D eigenvalue weighted by Gasteiger charge is -2.37. The van der Waals surface area contributed by atoms with Crippen molar-refractivity contribution >= 4 is 17.5 Å². The molecule has 0 saturated carbocycles. The molecule has 2 nitrogen and oxygen atoms in total. The van der Waals surface area contributed by atoms with Gasteiger partial charge in [0.2, 0.25) is 5.91 Å². The fourth-order valence-electron chi connectivity index (χ4n) is 3.05. The van der Waals surface area contributed by atoms with Gasteiger partial charge in [-0.15, -0.1) is 0 Å². The Bertz CT molecular complexity index is 706. The number of hydrogen-bond acceptors (Lipinski definition) is 1. The van der Waals surface area contributed by atoms with Crippen LogP contribution in [0.3, 0.4) is 0 Å². The van der Waals surface area contributed by atoms with Crippen molar-refractivity contribution in [2.45, 2.75) is 19.4 Å². The van der Waals surface area contributed by atoms with Crippen molar-refractivity contribution in [1.82, 2.24) is 4.90 Å². The first-order valence-electron chi connectivity index (χ1n) is 7.47. The van der Waals surface area contributed by atoms with E-state index in [9.17, 15) is 4.79 Å². The van der Waals surface area contributed by atoms with Crippen molar-refractivity contribution in [2.24, 2.45) is 0 Å². The zero-order chi connectivity index (χ0) is 15.5. The smallest absolute Gasteiger partial charge is 0.247 e. The molecule has 1 aliphatic heterocycles. The minimum atomic E-state index is -0.0501. The van der Waals surface area contributed by atoms with E-state index in [2.05, 4.69) is 18.2 Å². The summed E-state index contributed by atoms with van der Waals surface area (Å²) in [5, 5.41) is 0.708. The van der Waals surface area contributed by atoms with Crippen LogP contribution in [0.4, 0.5) is 0 Å². The lowest BCUT2D eigenvalue weighted by Crippen LogP contribution is -2.39. The number of carbonyl (C=O) groups excluding carboxylic acids is 1. The van der Waals surface area contributed by atoms with Crippen LogP contribution in [0, 0.1) is 0 Å². The second-order valence-electron chi connectivity index (χ2n) is 5.43. The van der Waals surface area contributed by atoms with E-state index < -0.39 is 0 Å². The van der Waals surface area contributed by atoms with Crippen LogP contribution in [0.25, 0.3) is 0 Å². The third-order valence-electron chi connectivity index (χ3n) is 4.06. The summed E-state index contributed by atoms with van der Waals surface area (Å²) >= 11 is 6.01. The maximum absolute atomic E-state index is 12.5. The molecule has 0 bridgehead atoms. The van der Waals surface area contributed by atoms with Crippen LogP contribution in [0.15, 0.2) is 60.7 Å². The van der Waals surface area contributed by atoms with Crippen LogP contribution >= 0.6 is 11.6 Å². The quantitative estimate of drug-likeness (QED) is 0.753. The van der Waals surface area contributed by atoms with Gasteiger partial charge in [-0.2, -0.15) is 0 Å². The number of allylic oxidation sites excluding steroid dienone is 1. The molecule has 0 radical (unpaired) electrons. The first kappa shape index (κ1) is 14.9. The summed E-state index contributed by atoms with van der Waals surface area (Å²) in [5.41, 5.74) is 3.61. The van der Waals surface area contributed by atoms with Gasteiger partial charge in [-0.3, -0.25) is 4.79 Å². The second-order valence-corrected chi connectivity index (χ2v) is 5.87. The Morgan fingerprint density at radius 1 is 1.18 bits per heavy atom. The molecule has 0 N–H and O–H groups in total. The van der Waals surface area contributed by atoms with Crippen LogP contribution in [-0.4, -0.2) is 17.4 Å². The summed E-state index contributed by atoms with van der Waals surface area (Å²) in [5.74, 6) is 0.0527. The van der Waals surface area contributed by atoms with E-state index in [4.69, 9.17) is 11.6 Å². The lowest BCUT2D eigenvalue weighted by molar-refractivity contribution is -0.128. The molecule has 1 amide bonds. The van der Waals surface area contributed by atoms with Crippen LogP contribution in [0.1, 0.15) is 29.7 Å². The Morgan fingerprint density at radius 2 is 1.91 bits per heavy atom. The van der Waals surface area contributed by atoms with Crippen molar-refractivity contribution in [3.63, 3.8) is 0 Å². The molecule has 2 aromatic carbocycles. The highest BCUT2D eigenvalue weighted by Gasteiger charge is 2.30. The first-order valence-corrected chi connectivity index (χ1v) is 7.85. The van der Waals surface area contributed by atoms with Gasteiger partial charge in [-0.25, -0.2) is 0 Å². The molecule has 0 aromatic heterocycles. The highest BCUT2D eigenvalue weighted by molar-refractivity contribution is 6.30. The monoisotopic (exact) mass is 311 g/mol. The highest BCUT2D eigenvalue weighted by atomic mass is 35.5. The molecule has 0 spiro atoms. The van der Waals surface area contributed by atoms with Crippen molar-refractivity contribution < 1.29 is 4.79 Å². The molecule has 0 saturated heterocycles. The number of hydrogen-bond donors (Lipinski definition) is 0. The fraction of sp³-hybridized carbons (Fsp3) is 0.211. The lowest BCUT2D eigenvalue weighted by atomic mass is 9.88. The average Bonchev–Trinajstić information content (AvgIpc) is 2.55. The van der Waals surface area contributed by atoms with E-state index in [1.54, 1.807) is 12.2 Å². The van der Waals surface area contributed by atoms with Gasteiger partial charge in [0, 0.05) is 11.6 Å². The molecule has 1 aliphatic rings. The third-order valence-corrected chi connectivity index (χ3v) is 4.31. The molecule has 3 heteroatoms. The number of amides is 1. The van der Waals surface area contributed by atoms with E-state index in [-0.39, 0.29) is 11.9 Å². The summed E-state index contributed by atoms with van der Waals surface area (Å²) in [6, 6.07) is 16.1. The molecule has 3 rings (SSSR count). The number of nitrogens with zero attached hydrogens (tertiary/aromatic N) is 1. The Labute approximate surface area is 136 Å². The Kier molecular flexibility index (Phi) is 4.30. The molecule has 2 aromatic rings. The van der Waals surface area contributed by atoms with Crippen molar-refractivity contribution in [2.75, 3.05) is 6.54 Å². The normalized spacial score (nSPS) is 17.5. The molecule has 1 atom stereocenters. The Morgan fingerprint density at radius 3 is 2.64 bits per heavy atom. The Balaban J connectivity index is 2.09. The predicted octanol–water partition coefficient (Wildman–Crippen LogP) is 4.39. The van der Waals surface area contributed by atoms with Crippen LogP contribution in [0.5, 0.6) is 0 Å². The van der Waals surface area contributed by atoms with Gasteiger partial charge < -0.3 is 4.90 Å². The number of benzene rings is 2. The standard InChI is InChI=1S/C19H18ClNO/c1-2-5-18(22)21-13-12-14-6-3-4-7-17(14)19(21)15-8-10-16(20)11-9-15/h2-11,19H,12-13H2,1H3/b5-2+/t19-/m0/s1. The van der Waals surface area contributed by atoms with Gasteiger partial charge in [0.25, 0.3) is 0 Å². The largest absolute Gasteiger partial charge is 0.328 e. The van der Waals surface area contributed by atoms with E-state index in [0.717, 1.165) is 18.5 Å². The number of fused-ring (bicyclic) bond motifs is 1. The third kappa shape index (κ3) is 2.79. The molecule has 0 fully saturated rings. The van der Waals surface area contributed by atoms with Gasteiger partial charge in [-0.05, 0) is 48.2 Å². The zero-order valence-electron chi connectivity index (χ0n) is 12.5. The number of carbonyl (C=O) groups is 1. The molecule has 0 unspecified atom stereocenters. The SMILES string of the molecule is C/C=C/C(=O)N1CCc2ccccc2[C@@H]1c1ccc(Cl)cc1. The summed E-state index contributed by atoms with van der Waals surface area (Å²) in [6.07, 6.45) is 4.32. The highest BCUT2D eigenvalue weighted by Crippen LogP contribution is 2.35. The van der Waals surface area contributed by atoms with Crippen molar-refractivity contribution in [1.29, 1.82) is 0 Å². The number of rotatable bonds is 2. The maximum Gasteiger partial charge on any atom is 0.247 e. The van der Waals surface area contributed by atoms with Crippen molar-refractivity contribution in [3.8, 4) is 0 Å². The average molecular weight is 312 g/mol. The zero-order valence-corrected chi connectivity index (χ0v) is 13.3. The van der Waals surface area contributed by atoms with Crippen molar-refractivity contribution in [3.05, 3.63) is 82.4 Å². The summed E-state index contributed by atoms with van der Waals surface area (Å²) in [7, 11) is 0. The molecular formula is C19H18ClNO. The van der Waals surface area contributed by atoms with Gasteiger partial charge >= 0.3 is 0 Å². The molecule has 0 aliphatic carbocycles. The van der Waals surface area contributed by atoms with Crippen LogP contribution < -0.4 is 0 Å². The first-order chi connectivity index (χ1) is 10.7. The minimum Gasteiger partial charge on any atom is -0.328 e. The van der Waals surface area contributed by atoms with E-state index in [1.807, 2.05) is 42.2 Å². The minimum absolute atomic E-state index is 0.0501. The van der Waals surface area contributed by atoms with Gasteiger partial charge in [-0.1, -0.05) is 54.1 Å². The van der Waals surface area contributed by atoms with E-state index >= 15 is 0 Å². The molecule has 1 heterocycles. The second kappa shape index (κ2) is 6.37. The summed E-state index contributed by atoms with van der Waals surface area (Å²) in [6.45, 7) is 2.60. The summed E-state index contributed by atoms with van der Waals surface area (Å²) in [4.78, 5) is 14.4. The van der Waals surface area contributed by atoms with E-state index in [0.29, 0.717) is 5.02 Å². The van der Waals surface area contributed by atoms with Gasteiger partial charge in [0.15, 0.2) is 0 Å². The van der Waals surface area contributed by atoms with Crippen LogP contribution in [0.2, 0.25) is 5.02 Å². The van der Waals surface area contributed by atoms with Gasteiger partial charge in [0.05, 0.1) is 6.04 Å². The maximum atomic E-state index is 12.5. The van der Waals surface area contributed by atoms with Gasteiger partial charge in [0.1, 0.15) is 0 Å².